The maximum absolute atomic E-state index is 13.3. The third-order valence-corrected chi connectivity index (χ3v) is 1.85. The molecular weight excluding hydrogens is 231 g/mol. The maximum Gasteiger partial charge on any atom is 0.314 e. The van der Waals surface area contributed by atoms with E-state index >= 15 is 0 Å². The number of nitro groups is 1. The lowest BCUT2D eigenvalue weighted by molar-refractivity contribution is -0.386. The Kier molecular flexibility index (Phi) is 4.71. The number of benzene rings is 1. The van der Waals surface area contributed by atoms with Crippen LogP contribution in [-0.2, 0) is 0 Å². The Morgan fingerprint density at radius 1 is 1.59 bits per heavy atom. The molecule has 0 spiro atoms. The molecule has 0 bridgehead atoms. The number of rotatable bonds is 6. The summed E-state index contributed by atoms with van der Waals surface area (Å²) in [6.45, 7) is 0.236. The van der Waals surface area contributed by atoms with Crippen molar-refractivity contribution >= 4 is 5.69 Å². The van der Waals surface area contributed by atoms with Crippen molar-refractivity contribution in [1.29, 1.82) is 0 Å². The quantitative estimate of drug-likeness (QED) is 0.191. The van der Waals surface area contributed by atoms with Crippen molar-refractivity contribution in [2.24, 2.45) is 5.11 Å². The highest BCUT2D eigenvalue weighted by Crippen LogP contribution is 2.29. The summed E-state index contributed by atoms with van der Waals surface area (Å²) < 4.78 is 18.3. The molecule has 0 unspecified atom stereocenters. The van der Waals surface area contributed by atoms with Crippen LogP contribution in [0.15, 0.2) is 23.3 Å². The van der Waals surface area contributed by atoms with Gasteiger partial charge < -0.3 is 4.74 Å². The molecule has 0 fully saturated rings. The molecule has 0 aliphatic heterocycles. The maximum atomic E-state index is 13.3. The minimum Gasteiger partial charge on any atom is -0.485 e. The van der Waals surface area contributed by atoms with E-state index in [0.29, 0.717) is 6.42 Å². The number of nitro benzene ring substituents is 1. The second-order valence-electron chi connectivity index (χ2n) is 3.00. The first kappa shape index (κ1) is 12.7. The molecule has 1 aromatic carbocycles. The largest absolute Gasteiger partial charge is 0.485 e. The van der Waals surface area contributed by atoms with Crippen molar-refractivity contribution < 1.29 is 14.1 Å². The second kappa shape index (κ2) is 6.29. The molecule has 90 valence electrons. The van der Waals surface area contributed by atoms with E-state index in [1.165, 1.54) is 6.07 Å². The molecule has 0 atom stereocenters. The summed E-state index contributed by atoms with van der Waals surface area (Å²) in [5.41, 5.74) is 7.59. The fraction of sp³-hybridized carbons (Fsp3) is 0.333. The number of ether oxygens (including phenoxy) is 1. The van der Waals surface area contributed by atoms with Gasteiger partial charge in [0.25, 0.3) is 0 Å². The van der Waals surface area contributed by atoms with E-state index in [0.717, 1.165) is 12.1 Å². The average Bonchev–Trinajstić information content (AvgIpc) is 2.30. The highest BCUT2D eigenvalue weighted by atomic mass is 19.1. The molecule has 1 aromatic rings. The standard InChI is InChI=1S/C9H9FN4O3/c10-7-3-1-4-8(14(15)16)9(7)17-6-2-5-12-13-11/h1,3-4H,2,5-6H2. The van der Waals surface area contributed by atoms with Gasteiger partial charge >= 0.3 is 5.69 Å². The zero-order chi connectivity index (χ0) is 12.7. The van der Waals surface area contributed by atoms with Crippen LogP contribution >= 0.6 is 0 Å². The van der Waals surface area contributed by atoms with Crippen molar-refractivity contribution in [3.05, 3.63) is 44.6 Å². The van der Waals surface area contributed by atoms with Gasteiger partial charge in [-0.3, -0.25) is 10.1 Å². The van der Waals surface area contributed by atoms with Gasteiger partial charge in [-0.25, -0.2) is 4.39 Å². The smallest absolute Gasteiger partial charge is 0.314 e. The Morgan fingerprint density at radius 2 is 2.35 bits per heavy atom. The van der Waals surface area contributed by atoms with Crippen LogP contribution < -0.4 is 4.74 Å². The average molecular weight is 240 g/mol. The van der Waals surface area contributed by atoms with Crippen molar-refractivity contribution in [2.45, 2.75) is 6.42 Å². The van der Waals surface area contributed by atoms with Crippen molar-refractivity contribution in [3.8, 4) is 5.75 Å². The summed E-state index contributed by atoms with van der Waals surface area (Å²) >= 11 is 0. The second-order valence-corrected chi connectivity index (χ2v) is 3.00. The minimum absolute atomic E-state index is 0.0425. The molecule has 0 amide bonds. The van der Waals surface area contributed by atoms with Gasteiger partial charge in [0.1, 0.15) is 0 Å². The summed E-state index contributed by atoms with van der Waals surface area (Å²) in [6.07, 6.45) is 0.357. The molecule has 0 aliphatic rings. The zero-order valence-electron chi connectivity index (χ0n) is 8.74. The zero-order valence-corrected chi connectivity index (χ0v) is 8.74. The summed E-state index contributed by atoms with van der Waals surface area (Å²) in [5, 5.41) is 13.9. The highest BCUT2D eigenvalue weighted by molar-refractivity contribution is 5.46. The van der Waals surface area contributed by atoms with E-state index in [-0.39, 0.29) is 13.2 Å². The molecule has 0 saturated heterocycles. The van der Waals surface area contributed by atoms with Gasteiger partial charge in [0, 0.05) is 17.5 Å². The molecule has 8 heteroatoms. The van der Waals surface area contributed by atoms with Gasteiger partial charge in [-0.1, -0.05) is 11.2 Å². The first-order valence-electron chi connectivity index (χ1n) is 4.73. The topological polar surface area (TPSA) is 101 Å². The van der Waals surface area contributed by atoms with Gasteiger partial charge in [0.2, 0.25) is 5.75 Å². The summed E-state index contributed by atoms with van der Waals surface area (Å²) in [4.78, 5) is 12.4. The third kappa shape index (κ3) is 3.62. The lowest BCUT2D eigenvalue weighted by Gasteiger charge is -2.06. The Morgan fingerprint density at radius 3 is 3.00 bits per heavy atom. The molecule has 1 rings (SSSR count). The monoisotopic (exact) mass is 240 g/mol. The van der Waals surface area contributed by atoms with Gasteiger partial charge in [0.05, 0.1) is 11.5 Å². The lowest BCUT2D eigenvalue weighted by Crippen LogP contribution is -2.03. The Hall–Kier alpha value is -2.34. The predicted molar refractivity (Wildman–Crippen MR) is 57.2 cm³/mol. The fourth-order valence-corrected chi connectivity index (χ4v) is 1.14. The molecule has 17 heavy (non-hydrogen) atoms. The van der Waals surface area contributed by atoms with Crippen molar-refractivity contribution in [1.82, 2.24) is 0 Å². The van der Waals surface area contributed by atoms with Crippen LogP contribution in [0.2, 0.25) is 0 Å². The van der Waals surface area contributed by atoms with Crippen LogP contribution in [0.4, 0.5) is 10.1 Å². The highest BCUT2D eigenvalue weighted by Gasteiger charge is 2.18. The molecule has 0 aliphatic carbocycles. The molecule has 0 aromatic heterocycles. The first-order valence-corrected chi connectivity index (χ1v) is 4.73. The van der Waals surface area contributed by atoms with Crippen LogP contribution in [0.25, 0.3) is 10.4 Å². The van der Waals surface area contributed by atoms with Crippen molar-refractivity contribution in [3.63, 3.8) is 0 Å². The van der Waals surface area contributed by atoms with Crippen LogP contribution in [0, 0.1) is 15.9 Å². The van der Waals surface area contributed by atoms with E-state index < -0.39 is 22.2 Å². The normalized spacial score (nSPS) is 9.47. The van der Waals surface area contributed by atoms with E-state index in [2.05, 4.69) is 10.0 Å². The van der Waals surface area contributed by atoms with E-state index in [9.17, 15) is 14.5 Å². The number of hydrogen-bond donors (Lipinski definition) is 0. The van der Waals surface area contributed by atoms with Gasteiger partial charge in [-0.2, -0.15) is 0 Å². The predicted octanol–water partition coefficient (Wildman–Crippen LogP) is 2.81. The summed E-state index contributed by atoms with van der Waals surface area (Å²) in [6, 6.07) is 3.47. The van der Waals surface area contributed by atoms with E-state index in [4.69, 9.17) is 10.3 Å². The first-order chi connectivity index (χ1) is 8.16. The van der Waals surface area contributed by atoms with E-state index in [1.54, 1.807) is 0 Å². The van der Waals surface area contributed by atoms with Crippen LogP contribution in [0.1, 0.15) is 6.42 Å². The molecule has 0 N–H and O–H groups in total. The molecule has 0 heterocycles. The Balaban J connectivity index is 2.69. The van der Waals surface area contributed by atoms with Crippen LogP contribution in [0.3, 0.4) is 0 Å². The third-order valence-electron chi connectivity index (χ3n) is 1.85. The van der Waals surface area contributed by atoms with Gasteiger partial charge in [-0.15, -0.1) is 0 Å². The molecule has 7 nitrogen and oxygen atoms in total. The van der Waals surface area contributed by atoms with E-state index in [1.807, 2.05) is 0 Å². The fourth-order valence-electron chi connectivity index (χ4n) is 1.14. The number of nitrogens with zero attached hydrogens (tertiary/aromatic N) is 4. The molecular formula is C9H9FN4O3. The molecule has 0 saturated carbocycles. The number of hydrogen-bond acceptors (Lipinski definition) is 4. The lowest BCUT2D eigenvalue weighted by atomic mass is 10.3. The summed E-state index contributed by atoms with van der Waals surface area (Å²) in [7, 11) is 0. The van der Waals surface area contributed by atoms with Crippen LogP contribution in [0.5, 0.6) is 5.75 Å². The summed E-state index contributed by atoms with van der Waals surface area (Å²) in [5.74, 6) is -1.18. The van der Waals surface area contributed by atoms with Crippen molar-refractivity contribution in [2.75, 3.05) is 13.2 Å². The Bertz CT molecular complexity index is 460. The van der Waals surface area contributed by atoms with Gasteiger partial charge in [-0.05, 0) is 18.0 Å². The Labute approximate surface area is 95.6 Å². The number of para-hydroxylation sites is 1. The number of halogens is 1. The van der Waals surface area contributed by atoms with Crippen LogP contribution in [-0.4, -0.2) is 18.1 Å². The number of azide groups is 1. The molecule has 0 radical (unpaired) electrons. The minimum atomic E-state index is -0.789. The van der Waals surface area contributed by atoms with Gasteiger partial charge in [0.15, 0.2) is 5.82 Å². The SMILES string of the molecule is [N-]=[N+]=NCCCOc1c(F)cccc1[N+](=O)[O-].